The zero-order valence-electron chi connectivity index (χ0n) is 13.2. The topological polar surface area (TPSA) is 78.5 Å². The number of rotatable bonds is 6. The lowest BCUT2D eigenvalue weighted by molar-refractivity contribution is 0.184. The summed E-state index contributed by atoms with van der Waals surface area (Å²) in [4.78, 5) is 13.6. The SMILES string of the molecule is C[C@H](c1ccco1)N(C)C(=O)NCCOc1ccc(C#N)cc1. The first-order valence-electron chi connectivity index (χ1n) is 7.29. The molecule has 1 heterocycles. The van der Waals surface area contributed by atoms with E-state index in [2.05, 4.69) is 5.32 Å². The smallest absolute Gasteiger partial charge is 0.317 e. The summed E-state index contributed by atoms with van der Waals surface area (Å²) in [5.74, 6) is 1.40. The van der Waals surface area contributed by atoms with E-state index in [1.165, 1.54) is 0 Å². The van der Waals surface area contributed by atoms with Gasteiger partial charge in [0.2, 0.25) is 0 Å². The van der Waals surface area contributed by atoms with E-state index in [-0.39, 0.29) is 12.1 Å². The largest absolute Gasteiger partial charge is 0.492 e. The Morgan fingerprint density at radius 3 is 2.74 bits per heavy atom. The molecule has 0 spiro atoms. The molecule has 0 bridgehead atoms. The van der Waals surface area contributed by atoms with Crippen molar-refractivity contribution in [3.8, 4) is 11.8 Å². The fourth-order valence-electron chi connectivity index (χ4n) is 1.97. The van der Waals surface area contributed by atoms with Crippen LogP contribution in [0.4, 0.5) is 4.79 Å². The van der Waals surface area contributed by atoms with Crippen LogP contribution in [0.3, 0.4) is 0 Å². The Hall–Kier alpha value is -2.94. The molecule has 0 aliphatic heterocycles. The summed E-state index contributed by atoms with van der Waals surface area (Å²) in [5, 5.41) is 11.5. The van der Waals surface area contributed by atoms with E-state index in [9.17, 15) is 4.79 Å². The van der Waals surface area contributed by atoms with Gasteiger partial charge < -0.3 is 19.4 Å². The summed E-state index contributed by atoms with van der Waals surface area (Å²) < 4.78 is 10.8. The second kappa shape index (κ2) is 7.90. The molecule has 1 atom stereocenters. The third-order valence-corrected chi connectivity index (χ3v) is 3.49. The number of hydrogen-bond acceptors (Lipinski definition) is 4. The second-order valence-corrected chi connectivity index (χ2v) is 5.02. The lowest BCUT2D eigenvalue weighted by Gasteiger charge is -2.23. The van der Waals surface area contributed by atoms with Crippen LogP contribution < -0.4 is 10.1 Å². The average molecular weight is 313 g/mol. The number of furan rings is 1. The van der Waals surface area contributed by atoms with Crippen molar-refractivity contribution < 1.29 is 13.9 Å². The predicted octanol–water partition coefficient (Wildman–Crippen LogP) is 2.93. The van der Waals surface area contributed by atoms with Gasteiger partial charge in [0, 0.05) is 7.05 Å². The van der Waals surface area contributed by atoms with E-state index in [0.717, 1.165) is 5.76 Å². The number of nitrogens with zero attached hydrogens (tertiary/aromatic N) is 2. The molecule has 2 aromatic rings. The molecule has 2 rings (SSSR count). The van der Waals surface area contributed by atoms with Crippen LogP contribution in [0.5, 0.6) is 5.75 Å². The van der Waals surface area contributed by atoms with Crippen LogP contribution in [0.2, 0.25) is 0 Å². The second-order valence-electron chi connectivity index (χ2n) is 5.02. The highest BCUT2D eigenvalue weighted by atomic mass is 16.5. The molecule has 0 unspecified atom stereocenters. The molecule has 0 aliphatic rings. The average Bonchev–Trinajstić information content (AvgIpc) is 3.12. The van der Waals surface area contributed by atoms with Crippen molar-refractivity contribution in [1.29, 1.82) is 5.26 Å². The van der Waals surface area contributed by atoms with Crippen molar-refractivity contribution in [2.45, 2.75) is 13.0 Å². The van der Waals surface area contributed by atoms with Crippen LogP contribution in [0.1, 0.15) is 24.3 Å². The fourth-order valence-corrected chi connectivity index (χ4v) is 1.97. The van der Waals surface area contributed by atoms with Crippen molar-refractivity contribution in [1.82, 2.24) is 10.2 Å². The quantitative estimate of drug-likeness (QED) is 0.832. The van der Waals surface area contributed by atoms with Gasteiger partial charge in [0.1, 0.15) is 18.1 Å². The van der Waals surface area contributed by atoms with Crippen LogP contribution in [0, 0.1) is 11.3 Å². The third-order valence-electron chi connectivity index (χ3n) is 3.49. The van der Waals surface area contributed by atoms with Gasteiger partial charge in [-0.2, -0.15) is 5.26 Å². The molecular weight excluding hydrogens is 294 g/mol. The van der Waals surface area contributed by atoms with Gasteiger partial charge >= 0.3 is 6.03 Å². The maximum atomic E-state index is 12.1. The molecule has 6 nitrogen and oxygen atoms in total. The molecule has 0 fully saturated rings. The number of urea groups is 1. The zero-order chi connectivity index (χ0) is 16.7. The molecule has 0 saturated carbocycles. The first-order valence-corrected chi connectivity index (χ1v) is 7.29. The Morgan fingerprint density at radius 2 is 2.13 bits per heavy atom. The number of nitriles is 1. The van der Waals surface area contributed by atoms with Gasteiger partial charge in [0.15, 0.2) is 0 Å². The molecule has 1 aromatic carbocycles. The maximum Gasteiger partial charge on any atom is 0.317 e. The maximum absolute atomic E-state index is 12.1. The molecule has 2 amide bonds. The molecule has 0 aliphatic carbocycles. The Morgan fingerprint density at radius 1 is 1.39 bits per heavy atom. The van der Waals surface area contributed by atoms with Crippen LogP contribution in [0.25, 0.3) is 0 Å². The highest BCUT2D eigenvalue weighted by Gasteiger charge is 2.18. The van der Waals surface area contributed by atoms with Gasteiger partial charge in [-0.1, -0.05) is 0 Å². The van der Waals surface area contributed by atoms with E-state index >= 15 is 0 Å². The van der Waals surface area contributed by atoms with Crippen LogP contribution >= 0.6 is 0 Å². The van der Waals surface area contributed by atoms with Crippen molar-refractivity contribution in [2.24, 2.45) is 0 Å². The lowest BCUT2D eigenvalue weighted by Crippen LogP contribution is -2.40. The molecule has 23 heavy (non-hydrogen) atoms. The summed E-state index contributed by atoms with van der Waals surface area (Å²) in [6.45, 7) is 2.63. The monoisotopic (exact) mass is 313 g/mol. The summed E-state index contributed by atoms with van der Waals surface area (Å²) in [6.07, 6.45) is 1.59. The van der Waals surface area contributed by atoms with Crippen molar-refractivity contribution >= 4 is 6.03 Å². The standard InChI is InChI=1S/C17H19N3O3/c1-13(16-4-3-10-23-16)20(2)17(21)19-9-11-22-15-7-5-14(12-18)6-8-15/h3-8,10,13H,9,11H2,1-2H3,(H,19,21)/t13-/m1/s1. The molecule has 1 N–H and O–H groups in total. The van der Waals surface area contributed by atoms with E-state index in [4.69, 9.17) is 14.4 Å². The number of nitrogens with one attached hydrogen (secondary N) is 1. The third kappa shape index (κ3) is 4.51. The van der Waals surface area contributed by atoms with Gasteiger partial charge in [0.05, 0.1) is 30.5 Å². The number of carbonyl (C=O) groups excluding carboxylic acids is 1. The highest BCUT2D eigenvalue weighted by Crippen LogP contribution is 2.18. The van der Waals surface area contributed by atoms with E-state index in [0.29, 0.717) is 24.5 Å². The van der Waals surface area contributed by atoms with Crippen LogP contribution in [0.15, 0.2) is 47.1 Å². The first kappa shape index (κ1) is 16.4. The minimum absolute atomic E-state index is 0.149. The van der Waals surface area contributed by atoms with Crippen molar-refractivity contribution in [3.05, 3.63) is 54.0 Å². The summed E-state index contributed by atoms with van der Waals surface area (Å²) in [6, 6.07) is 12.2. The van der Waals surface area contributed by atoms with E-state index in [1.54, 1.807) is 48.5 Å². The number of amides is 2. The summed E-state index contributed by atoms with van der Waals surface area (Å²) in [5.41, 5.74) is 0.583. The lowest BCUT2D eigenvalue weighted by atomic mass is 10.2. The minimum atomic E-state index is -0.197. The Balaban J connectivity index is 1.72. The van der Waals surface area contributed by atoms with Crippen molar-refractivity contribution in [2.75, 3.05) is 20.2 Å². The molecule has 0 saturated heterocycles. The Labute approximate surface area is 135 Å². The molecule has 6 heteroatoms. The van der Waals surface area contributed by atoms with Gasteiger partial charge in [-0.15, -0.1) is 0 Å². The fraction of sp³-hybridized carbons (Fsp3) is 0.294. The van der Waals surface area contributed by atoms with Gasteiger partial charge in [-0.25, -0.2) is 4.79 Å². The number of hydrogen-bond donors (Lipinski definition) is 1. The zero-order valence-corrected chi connectivity index (χ0v) is 13.2. The van der Waals surface area contributed by atoms with Crippen LogP contribution in [-0.2, 0) is 0 Å². The highest BCUT2D eigenvalue weighted by molar-refractivity contribution is 5.74. The van der Waals surface area contributed by atoms with E-state index in [1.807, 2.05) is 19.1 Å². The molecule has 120 valence electrons. The van der Waals surface area contributed by atoms with E-state index < -0.39 is 0 Å². The normalized spacial score (nSPS) is 11.3. The van der Waals surface area contributed by atoms with Gasteiger partial charge in [0.25, 0.3) is 0 Å². The number of ether oxygens (including phenoxy) is 1. The first-order chi connectivity index (χ1) is 11.1. The minimum Gasteiger partial charge on any atom is -0.492 e. The number of benzene rings is 1. The Bertz CT molecular complexity index is 659. The predicted molar refractivity (Wildman–Crippen MR) is 84.9 cm³/mol. The van der Waals surface area contributed by atoms with Crippen LogP contribution in [-0.4, -0.2) is 31.1 Å². The summed E-state index contributed by atoms with van der Waals surface area (Å²) >= 11 is 0. The van der Waals surface area contributed by atoms with Gasteiger partial charge in [-0.05, 0) is 43.3 Å². The molecule has 1 aromatic heterocycles. The molecular formula is C17H19N3O3. The van der Waals surface area contributed by atoms with Crippen molar-refractivity contribution in [3.63, 3.8) is 0 Å². The van der Waals surface area contributed by atoms with Gasteiger partial charge in [-0.3, -0.25) is 0 Å². The molecule has 0 radical (unpaired) electrons. The summed E-state index contributed by atoms with van der Waals surface area (Å²) in [7, 11) is 1.71. The Kier molecular flexibility index (Phi) is 5.64. The number of carbonyl (C=O) groups is 1.